The highest BCUT2D eigenvalue weighted by Gasteiger charge is 2.15. The van der Waals surface area contributed by atoms with Gasteiger partial charge in [0.05, 0.1) is 11.0 Å². The lowest BCUT2D eigenvalue weighted by Gasteiger charge is -2.19. The van der Waals surface area contributed by atoms with Crippen LogP contribution in [0.2, 0.25) is 0 Å². The van der Waals surface area contributed by atoms with Crippen LogP contribution in [-0.4, -0.2) is 28.0 Å². The van der Waals surface area contributed by atoms with Gasteiger partial charge < -0.3 is 15.6 Å². The lowest BCUT2D eigenvalue weighted by Crippen LogP contribution is -2.42. The lowest BCUT2D eigenvalue weighted by atomic mass is 10.0. The van der Waals surface area contributed by atoms with Gasteiger partial charge in [-0.05, 0) is 31.4 Å². The number of aromatic nitrogens is 2. The minimum Gasteiger partial charge on any atom is -0.351 e. The third-order valence-corrected chi connectivity index (χ3v) is 3.55. The molecule has 0 aliphatic heterocycles. The topological polar surface area (TPSA) is 72.9 Å². The molecule has 0 bridgehead atoms. The van der Waals surface area contributed by atoms with Gasteiger partial charge in [-0.1, -0.05) is 26.0 Å². The van der Waals surface area contributed by atoms with Crippen molar-refractivity contribution in [2.24, 2.45) is 11.7 Å². The first-order valence-electron chi connectivity index (χ1n) is 7.42. The highest BCUT2D eigenvalue weighted by atomic mass is 16.2. The lowest BCUT2D eigenvalue weighted by molar-refractivity contribution is -0.122. The number of rotatable bonds is 6. The number of carbonyl (C=O) groups excluding carboxylic acids is 1. The molecule has 3 N–H and O–H groups in total. The number of fused-ring (bicyclic) bond motifs is 1. The summed E-state index contributed by atoms with van der Waals surface area (Å²) in [6.07, 6.45) is 0.895. The molecule has 1 heterocycles. The number of benzene rings is 1. The fourth-order valence-corrected chi connectivity index (χ4v) is 2.60. The summed E-state index contributed by atoms with van der Waals surface area (Å²) < 4.78 is 1.94. The van der Waals surface area contributed by atoms with E-state index in [0.29, 0.717) is 12.5 Å². The molecule has 0 aliphatic rings. The molecule has 5 nitrogen and oxygen atoms in total. The molecule has 1 aromatic heterocycles. The van der Waals surface area contributed by atoms with Gasteiger partial charge in [-0.25, -0.2) is 4.98 Å². The number of nitrogens with zero attached hydrogens (tertiary/aromatic N) is 2. The summed E-state index contributed by atoms with van der Waals surface area (Å²) in [7, 11) is 0. The molecule has 0 spiro atoms. The molecule has 1 amide bonds. The van der Waals surface area contributed by atoms with E-state index in [1.54, 1.807) is 0 Å². The Bertz CT molecular complexity index is 618. The summed E-state index contributed by atoms with van der Waals surface area (Å²) in [5, 5.41) is 3.02. The number of amides is 1. The van der Waals surface area contributed by atoms with Gasteiger partial charge in [0, 0.05) is 12.6 Å². The number of imidazole rings is 1. The molecular formula is C16H24N4O. The third kappa shape index (κ3) is 3.82. The normalized spacial score (nSPS) is 12.8. The molecule has 0 aliphatic carbocycles. The summed E-state index contributed by atoms with van der Waals surface area (Å²) in [6.45, 7) is 6.92. The predicted octanol–water partition coefficient (Wildman–Crippen LogP) is 1.83. The Morgan fingerprint density at radius 1 is 1.38 bits per heavy atom. The van der Waals surface area contributed by atoms with Crippen LogP contribution in [0.25, 0.3) is 11.0 Å². The molecule has 21 heavy (non-hydrogen) atoms. The van der Waals surface area contributed by atoms with Crippen LogP contribution in [0.5, 0.6) is 0 Å². The Hall–Kier alpha value is -1.88. The Labute approximate surface area is 125 Å². The molecule has 0 saturated heterocycles. The maximum atomic E-state index is 12.2. The van der Waals surface area contributed by atoms with Crippen LogP contribution in [0.1, 0.15) is 26.1 Å². The molecule has 0 radical (unpaired) electrons. The zero-order chi connectivity index (χ0) is 15.4. The van der Waals surface area contributed by atoms with Crippen LogP contribution >= 0.6 is 0 Å². The van der Waals surface area contributed by atoms with Crippen molar-refractivity contribution in [2.45, 2.75) is 39.8 Å². The highest BCUT2D eigenvalue weighted by molar-refractivity contribution is 5.81. The van der Waals surface area contributed by atoms with E-state index in [1.165, 1.54) is 0 Å². The van der Waals surface area contributed by atoms with E-state index < -0.39 is 0 Å². The van der Waals surface area contributed by atoms with Crippen LogP contribution in [0, 0.1) is 12.8 Å². The molecule has 1 unspecified atom stereocenters. The number of hydrogen-bond donors (Lipinski definition) is 2. The molecular weight excluding hydrogens is 264 g/mol. The van der Waals surface area contributed by atoms with E-state index in [4.69, 9.17) is 5.73 Å². The summed E-state index contributed by atoms with van der Waals surface area (Å²) in [5.74, 6) is 1.34. The van der Waals surface area contributed by atoms with Gasteiger partial charge >= 0.3 is 0 Å². The second kappa shape index (κ2) is 6.72. The zero-order valence-corrected chi connectivity index (χ0v) is 13.0. The van der Waals surface area contributed by atoms with Gasteiger partial charge in [0.15, 0.2) is 0 Å². The van der Waals surface area contributed by atoms with Crippen molar-refractivity contribution in [1.29, 1.82) is 0 Å². The van der Waals surface area contributed by atoms with Crippen molar-refractivity contribution >= 4 is 16.9 Å². The van der Waals surface area contributed by atoms with E-state index in [9.17, 15) is 4.79 Å². The summed E-state index contributed by atoms with van der Waals surface area (Å²) in [6, 6.07) is 7.88. The van der Waals surface area contributed by atoms with Gasteiger partial charge in [0.2, 0.25) is 5.91 Å². The van der Waals surface area contributed by atoms with Crippen molar-refractivity contribution in [2.75, 3.05) is 6.54 Å². The van der Waals surface area contributed by atoms with Gasteiger partial charge in [-0.2, -0.15) is 0 Å². The Morgan fingerprint density at radius 2 is 2.10 bits per heavy atom. The number of carbonyl (C=O) groups is 1. The molecule has 0 fully saturated rings. The molecule has 114 valence electrons. The van der Waals surface area contributed by atoms with E-state index in [0.717, 1.165) is 23.3 Å². The summed E-state index contributed by atoms with van der Waals surface area (Å²) in [5.41, 5.74) is 7.63. The first kappa shape index (κ1) is 15.5. The van der Waals surface area contributed by atoms with Gasteiger partial charge in [-0.3, -0.25) is 4.79 Å². The molecule has 1 atom stereocenters. The summed E-state index contributed by atoms with van der Waals surface area (Å²) in [4.78, 5) is 16.7. The molecule has 1 aromatic carbocycles. The second-order valence-corrected chi connectivity index (χ2v) is 5.86. The fourth-order valence-electron chi connectivity index (χ4n) is 2.60. The number of hydrogen-bond acceptors (Lipinski definition) is 3. The SMILES string of the molecule is Cc1nc2ccccc2n1CC(=O)NC(CN)CC(C)C. The molecule has 2 aromatic rings. The average molecular weight is 288 g/mol. The first-order chi connectivity index (χ1) is 10.0. The van der Waals surface area contributed by atoms with Gasteiger partial charge in [-0.15, -0.1) is 0 Å². The van der Waals surface area contributed by atoms with E-state index in [1.807, 2.05) is 35.8 Å². The molecule has 2 rings (SSSR count). The molecule has 0 saturated carbocycles. The maximum absolute atomic E-state index is 12.2. The van der Waals surface area contributed by atoms with Gasteiger partial charge in [0.1, 0.15) is 12.4 Å². The summed E-state index contributed by atoms with van der Waals surface area (Å²) >= 11 is 0. The van der Waals surface area contributed by atoms with Gasteiger partial charge in [0.25, 0.3) is 0 Å². The minimum absolute atomic E-state index is 0.0163. The number of para-hydroxylation sites is 2. The first-order valence-corrected chi connectivity index (χ1v) is 7.42. The zero-order valence-electron chi connectivity index (χ0n) is 13.0. The van der Waals surface area contributed by atoms with Crippen LogP contribution in [0.4, 0.5) is 0 Å². The van der Waals surface area contributed by atoms with Crippen LogP contribution < -0.4 is 11.1 Å². The van der Waals surface area contributed by atoms with Crippen molar-refractivity contribution in [3.8, 4) is 0 Å². The molecule has 5 heteroatoms. The monoisotopic (exact) mass is 288 g/mol. The highest BCUT2D eigenvalue weighted by Crippen LogP contribution is 2.15. The Morgan fingerprint density at radius 3 is 2.76 bits per heavy atom. The Balaban J connectivity index is 2.09. The smallest absolute Gasteiger partial charge is 0.240 e. The van der Waals surface area contributed by atoms with Crippen molar-refractivity contribution in [3.05, 3.63) is 30.1 Å². The van der Waals surface area contributed by atoms with Crippen molar-refractivity contribution in [3.63, 3.8) is 0 Å². The van der Waals surface area contributed by atoms with Crippen LogP contribution in [0.15, 0.2) is 24.3 Å². The number of aryl methyl sites for hydroxylation is 1. The third-order valence-electron chi connectivity index (χ3n) is 3.55. The Kier molecular flexibility index (Phi) is 4.96. The number of nitrogens with one attached hydrogen (secondary N) is 1. The van der Waals surface area contributed by atoms with Crippen molar-refractivity contribution in [1.82, 2.24) is 14.9 Å². The number of nitrogens with two attached hydrogens (primary N) is 1. The quantitative estimate of drug-likeness (QED) is 0.852. The predicted molar refractivity (Wildman–Crippen MR) is 84.9 cm³/mol. The van der Waals surface area contributed by atoms with Crippen LogP contribution in [0.3, 0.4) is 0 Å². The van der Waals surface area contributed by atoms with E-state index in [2.05, 4.69) is 24.1 Å². The fraction of sp³-hybridized carbons (Fsp3) is 0.500. The van der Waals surface area contributed by atoms with E-state index in [-0.39, 0.29) is 18.5 Å². The van der Waals surface area contributed by atoms with E-state index >= 15 is 0 Å². The van der Waals surface area contributed by atoms with Crippen LogP contribution in [-0.2, 0) is 11.3 Å². The standard InChI is InChI=1S/C16H24N4O/c1-11(2)8-13(9-17)19-16(21)10-20-12(3)18-14-6-4-5-7-15(14)20/h4-7,11,13H,8-10,17H2,1-3H3,(H,19,21). The second-order valence-electron chi connectivity index (χ2n) is 5.86. The minimum atomic E-state index is -0.0163. The maximum Gasteiger partial charge on any atom is 0.240 e. The average Bonchev–Trinajstić information content (AvgIpc) is 2.74. The van der Waals surface area contributed by atoms with Crippen molar-refractivity contribution < 1.29 is 4.79 Å². The largest absolute Gasteiger partial charge is 0.351 e.